The fourth-order valence-corrected chi connectivity index (χ4v) is 3.80. The molecule has 0 aromatic heterocycles. The lowest BCUT2D eigenvalue weighted by Crippen LogP contribution is -2.30. The van der Waals surface area contributed by atoms with Gasteiger partial charge in [0.1, 0.15) is 0 Å². The van der Waals surface area contributed by atoms with Crippen LogP contribution < -0.4 is 10.2 Å². The van der Waals surface area contributed by atoms with Crippen molar-refractivity contribution in [3.05, 3.63) is 94.0 Å². The van der Waals surface area contributed by atoms with Crippen molar-refractivity contribution in [1.82, 2.24) is 0 Å². The number of carbonyl (C=O) groups excluding carboxylic acids is 4. The van der Waals surface area contributed by atoms with Gasteiger partial charge in [-0.1, -0.05) is 31.2 Å². The van der Waals surface area contributed by atoms with E-state index in [1.807, 2.05) is 39.0 Å². The molecule has 1 aliphatic heterocycles. The fourth-order valence-electron chi connectivity index (χ4n) is 3.80. The second kappa shape index (κ2) is 9.31. The average Bonchev–Trinajstić information content (AvgIpc) is 3.09. The monoisotopic (exact) mass is 456 g/mol. The van der Waals surface area contributed by atoms with Crippen LogP contribution in [-0.2, 0) is 16.0 Å². The van der Waals surface area contributed by atoms with Crippen LogP contribution in [0.1, 0.15) is 54.7 Å². The number of carbonyl (C=O) groups is 4. The van der Waals surface area contributed by atoms with Gasteiger partial charge in [-0.2, -0.15) is 0 Å². The molecule has 0 saturated heterocycles. The molecule has 34 heavy (non-hydrogen) atoms. The molecule has 0 unspecified atom stereocenters. The zero-order valence-corrected chi connectivity index (χ0v) is 19.2. The van der Waals surface area contributed by atoms with Crippen molar-refractivity contribution in [2.24, 2.45) is 0 Å². The smallest absolute Gasteiger partial charge is 0.338 e. The molecule has 0 fully saturated rings. The minimum Gasteiger partial charge on any atom is -0.452 e. The van der Waals surface area contributed by atoms with E-state index in [-0.39, 0.29) is 16.7 Å². The number of rotatable bonds is 6. The van der Waals surface area contributed by atoms with E-state index in [0.29, 0.717) is 11.4 Å². The van der Waals surface area contributed by atoms with E-state index in [2.05, 4.69) is 5.32 Å². The standard InChI is InChI=1S/C27H24N2O5/c1-4-18-8-11-20(12-9-18)28-24(30)15-34-27(33)19-10-13-21-22(14-19)26(32)29(25(21)31)23-7-5-6-16(2)17(23)3/h5-14H,4,15H2,1-3H3,(H,28,30). The number of imide groups is 1. The molecule has 7 heteroatoms. The van der Waals surface area contributed by atoms with Gasteiger partial charge in [-0.3, -0.25) is 14.4 Å². The first-order valence-electron chi connectivity index (χ1n) is 10.9. The molecule has 0 saturated carbocycles. The summed E-state index contributed by atoms with van der Waals surface area (Å²) in [4.78, 5) is 51.8. The van der Waals surface area contributed by atoms with Crippen LogP contribution in [0.15, 0.2) is 60.7 Å². The molecule has 3 aromatic rings. The summed E-state index contributed by atoms with van der Waals surface area (Å²) in [6, 6.07) is 17.0. The minimum absolute atomic E-state index is 0.0859. The summed E-state index contributed by atoms with van der Waals surface area (Å²) in [5.74, 6) is -2.19. The molecule has 4 rings (SSSR count). The summed E-state index contributed by atoms with van der Waals surface area (Å²) < 4.78 is 5.11. The Labute approximate surface area is 197 Å². The maximum Gasteiger partial charge on any atom is 0.338 e. The highest BCUT2D eigenvalue weighted by Gasteiger charge is 2.38. The lowest BCUT2D eigenvalue weighted by molar-refractivity contribution is -0.119. The summed E-state index contributed by atoms with van der Waals surface area (Å²) in [6.45, 7) is 5.31. The number of anilines is 2. The highest BCUT2D eigenvalue weighted by Crippen LogP contribution is 2.32. The normalized spacial score (nSPS) is 12.5. The van der Waals surface area contributed by atoms with E-state index in [1.54, 1.807) is 24.3 Å². The van der Waals surface area contributed by atoms with E-state index < -0.39 is 30.3 Å². The first-order chi connectivity index (χ1) is 16.3. The first-order valence-corrected chi connectivity index (χ1v) is 10.9. The van der Waals surface area contributed by atoms with Gasteiger partial charge in [-0.05, 0) is 73.4 Å². The number of hydrogen-bond acceptors (Lipinski definition) is 5. The molecule has 1 heterocycles. The predicted octanol–water partition coefficient (Wildman–Crippen LogP) is 4.46. The number of aryl methyl sites for hydroxylation is 2. The first kappa shape index (κ1) is 22.9. The Balaban J connectivity index is 1.45. The van der Waals surface area contributed by atoms with E-state index in [0.717, 1.165) is 28.0 Å². The lowest BCUT2D eigenvalue weighted by atomic mass is 10.1. The van der Waals surface area contributed by atoms with Gasteiger partial charge in [-0.25, -0.2) is 9.69 Å². The van der Waals surface area contributed by atoms with Gasteiger partial charge in [0.25, 0.3) is 17.7 Å². The summed E-state index contributed by atoms with van der Waals surface area (Å²) in [5.41, 5.74) is 4.47. The van der Waals surface area contributed by atoms with Gasteiger partial charge >= 0.3 is 5.97 Å². The zero-order valence-electron chi connectivity index (χ0n) is 19.2. The Bertz CT molecular complexity index is 1310. The number of hydrogen-bond donors (Lipinski definition) is 1. The molecule has 0 atom stereocenters. The maximum atomic E-state index is 13.0. The van der Waals surface area contributed by atoms with Crippen LogP contribution in [0, 0.1) is 13.8 Å². The summed E-state index contributed by atoms with van der Waals surface area (Å²) in [7, 11) is 0. The molecular formula is C27H24N2O5. The van der Waals surface area contributed by atoms with Crippen molar-refractivity contribution < 1.29 is 23.9 Å². The highest BCUT2D eigenvalue weighted by molar-refractivity contribution is 6.35. The van der Waals surface area contributed by atoms with Gasteiger partial charge in [0.2, 0.25) is 0 Å². The maximum absolute atomic E-state index is 13.0. The van der Waals surface area contributed by atoms with E-state index in [9.17, 15) is 19.2 Å². The van der Waals surface area contributed by atoms with E-state index in [4.69, 9.17) is 4.74 Å². The van der Waals surface area contributed by atoms with Crippen LogP contribution in [0.4, 0.5) is 11.4 Å². The number of esters is 1. The average molecular weight is 456 g/mol. The third-order valence-corrected chi connectivity index (χ3v) is 5.92. The van der Waals surface area contributed by atoms with Crippen molar-refractivity contribution in [1.29, 1.82) is 0 Å². The van der Waals surface area contributed by atoms with Crippen LogP contribution in [0.25, 0.3) is 0 Å². The molecule has 0 spiro atoms. The van der Waals surface area contributed by atoms with Crippen LogP contribution in [0.5, 0.6) is 0 Å². The zero-order chi connectivity index (χ0) is 24.4. The molecular weight excluding hydrogens is 432 g/mol. The number of nitrogens with one attached hydrogen (secondary N) is 1. The number of nitrogens with zero attached hydrogens (tertiary/aromatic N) is 1. The van der Waals surface area contributed by atoms with Crippen molar-refractivity contribution in [3.8, 4) is 0 Å². The molecule has 3 amide bonds. The van der Waals surface area contributed by atoms with Crippen LogP contribution in [0.3, 0.4) is 0 Å². The van der Waals surface area contributed by atoms with Crippen molar-refractivity contribution in [2.45, 2.75) is 27.2 Å². The third kappa shape index (κ3) is 4.32. The van der Waals surface area contributed by atoms with Crippen molar-refractivity contribution in [3.63, 3.8) is 0 Å². The summed E-state index contributed by atoms with van der Waals surface area (Å²) >= 11 is 0. The van der Waals surface area contributed by atoms with Gasteiger partial charge in [0.15, 0.2) is 6.61 Å². The molecule has 1 N–H and O–H groups in total. The van der Waals surface area contributed by atoms with E-state index in [1.165, 1.54) is 18.2 Å². The molecule has 0 radical (unpaired) electrons. The van der Waals surface area contributed by atoms with Gasteiger partial charge in [0, 0.05) is 5.69 Å². The molecule has 1 aliphatic rings. The third-order valence-electron chi connectivity index (χ3n) is 5.92. The Kier molecular flexibility index (Phi) is 6.27. The SMILES string of the molecule is CCc1ccc(NC(=O)COC(=O)c2ccc3c(c2)C(=O)N(c2cccc(C)c2C)C3=O)cc1. The number of amides is 3. The Morgan fingerprint density at radius 1 is 0.912 bits per heavy atom. The summed E-state index contributed by atoms with van der Waals surface area (Å²) in [5, 5.41) is 2.67. The van der Waals surface area contributed by atoms with Crippen molar-refractivity contribution in [2.75, 3.05) is 16.8 Å². The predicted molar refractivity (Wildman–Crippen MR) is 128 cm³/mol. The molecule has 172 valence electrons. The molecule has 3 aromatic carbocycles. The lowest BCUT2D eigenvalue weighted by Gasteiger charge is -2.17. The van der Waals surface area contributed by atoms with Crippen LogP contribution in [0.2, 0.25) is 0 Å². The van der Waals surface area contributed by atoms with E-state index >= 15 is 0 Å². The Hall–Kier alpha value is -4.26. The topological polar surface area (TPSA) is 92.8 Å². The Morgan fingerprint density at radius 3 is 2.32 bits per heavy atom. The van der Waals surface area contributed by atoms with Gasteiger partial charge < -0.3 is 10.1 Å². The number of ether oxygens (including phenoxy) is 1. The largest absolute Gasteiger partial charge is 0.452 e. The molecule has 0 aliphatic carbocycles. The molecule has 0 bridgehead atoms. The number of benzene rings is 3. The second-order valence-corrected chi connectivity index (χ2v) is 8.10. The van der Waals surface area contributed by atoms with Gasteiger partial charge in [-0.15, -0.1) is 0 Å². The van der Waals surface area contributed by atoms with Crippen LogP contribution >= 0.6 is 0 Å². The fraction of sp³-hybridized carbons (Fsp3) is 0.185. The van der Waals surface area contributed by atoms with Crippen LogP contribution in [-0.4, -0.2) is 30.3 Å². The van der Waals surface area contributed by atoms with Gasteiger partial charge in [0.05, 0.1) is 22.4 Å². The quantitative estimate of drug-likeness (QED) is 0.437. The highest BCUT2D eigenvalue weighted by atomic mass is 16.5. The van der Waals surface area contributed by atoms with Crippen molar-refractivity contribution >= 4 is 35.1 Å². The second-order valence-electron chi connectivity index (χ2n) is 8.10. The summed E-state index contributed by atoms with van der Waals surface area (Å²) in [6.07, 6.45) is 0.892. The Morgan fingerprint density at radius 2 is 1.62 bits per heavy atom. The molecule has 7 nitrogen and oxygen atoms in total. The minimum atomic E-state index is -0.760. The number of fused-ring (bicyclic) bond motifs is 1.